The van der Waals surface area contributed by atoms with Gasteiger partial charge in [-0.3, -0.25) is 4.98 Å². The highest BCUT2D eigenvalue weighted by Crippen LogP contribution is 2.28. The molecule has 1 atom stereocenters. The average Bonchev–Trinajstić information content (AvgIpc) is 2.45. The normalized spacial score (nSPS) is 12.5. The number of para-hydroxylation sites is 1. The molecule has 0 amide bonds. The third kappa shape index (κ3) is 3.15. The van der Waals surface area contributed by atoms with Gasteiger partial charge in [-0.2, -0.15) is 0 Å². The minimum absolute atomic E-state index is 0.229. The maximum atomic E-state index is 9.03. The molecule has 0 fully saturated rings. The molecule has 0 spiro atoms. The van der Waals surface area contributed by atoms with E-state index in [1.165, 1.54) is 0 Å². The lowest BCUT2D eigenvalue weighted by molar-refractivity contribution is 0.258. The van der Waals surface area contributed by atoms with E-state index in [0.717, 1.165) is 36.0 Å². The van der Waals surface area contributed by atoms with Crippen molar-refractivity contribution in [3.05, 3.63) is 30.5 Å². The van der Waals surface area contributed by atoms with Crippen molar-refractivity contribution in [3.8, 4) is 0 Å². The number of nitrogens with one attached hydrogen (secondary N) is 1. The van der Waals surface area contributed by atoms with Crippen LogP contribution in [-0.2, 0) is 0 Å². The van der Waals surface area contributed by atoms with Gasteiger partial charge < -0.3 is 16.2 Å². The number of anilines is 2. The van der Waals surface area contributed by atoms with Gasteiger partial charge in [0.2, 0.25) is 0 Å². The van der Waals surface area contributed by atoms with Gasteiger partial charge in [-0.25, -0.2) is 0 Å². The van der Waals surface area contributed by atoms with Crippen molar-refractivity contribution in [1.82, 2.24) is 4.98 Å². The van der Waals surface area contributed by atoms with Crippen LogP contribution in [0.15, 0.2) is 30.5 Å². The number of benzene rings is 1. The maximum absolute atomic E-state index is 9.03. The molecular formula is C15H21N3O. The van der Waals surface area contributed by atoms with E-state index in [-0.39, 0.29) is 6.61 Å². The zero-order valence-corrected chi connectivity index (χ0v) is 11.3. The van der Waals surface area contributed by atoms with Crippen LogP contribution in [0, 0.1) is 5.92 Å². The fourth-order valence-electron chi connectivity index (χ4n) is 2.23. The smallest absolute Gasteiger partial charge is 0.0743 e. The number of fused-ring (bicyclic) bond motifs is 1. The number of hydrogen-bond acceptors (Lipinski definition) is 4. The van der Waals surface area contributed by atoms with Gasteiger partial charge in [-0.15, -0.1) is 0 Å². The van der Waals surface area contributed by atoms with E-state index in [4.69, 9.17) is 10.8 Å². The number of pyridine rings is 1. The Bertz CT molecular complexity index is 542. The molecule has 1 aromatic carbocycles. The highest BCUT2D eigenvalue weighted by atomic mass is 16.3. The Balaban J connectivity index is 2.22. The topological polar surface area (TPSA) is 71.2 Å². The van der Waals surface area contributed by atoms with Gasteiger partial charge >= 0.3 is 0 Å². The Morgan fingerprint density at radius 3 is 2.89 bits per heavy atom. The maximum Gasteiger partial charge on any atom is 0.0743 e. The van der Waals surface area contributed by atoms with Crippen LogP contribution >= 0.6 is 0 Å². The van der Waals surface area contributed by atoms with E-state index in [9.17, 15) is 0 Å². The van der Waals surface area contributed by atoms with Gasteiger partial charge in [0.25, 0.3) is 0 Å². The Morgan fingerprint density at radius 2 is 2.16 bits per heavy atom. The van der Waals surface area contributed by atoms with Gasteiger partial charge in [0, 0.05) is 18.5 Å². The largest absolute Gasteiger partial charge is 0.396 e. The molecule has 19 heavy (non-hydrogen) atoms. The van der Waals surface area contributed by atoms with Crippen LogP contribution in [0.25, 0.3) is 10.9 Å². The van der Waals surface area contributed by atoms with Crippen molar-refractivity contribution in [3.63, 3.8) is 0 Å². The molecule has 102 valence electrons. The second kappa shape index (κ2) is 6.38. The van der Waals surface area contributed by atoms with Crippen molar-refractivity contribution < 1.29 is 5.11 Å². The van der Waals surface area contributed by atoms with Crippen molar-refractivity contribution in [2.75, 3.05) is 24.2 Å². The van der Waals surface area contributed by atoms with Gasteiger partial charge in [0.05, 0.1) is 23.1 Å². The number of aromatic nitrogens is 1. The minimum atomic E-state index is 0.229. The van der Waals surface area contributed by atoms with E-state index < -0.39 is 0 Å². The van der Waals surface area contributed by atoms with Crippen LogP contribution in [0.5, 0.6) is 0 Å². The quantitative estimate of drug-likeness (QED) is 0.745. The van der Waals surface area contributed by atoms with Gasteiger partial charge in [-0.1, -0.05) is 31.5 Å². The molecule has 4 nitrogen and oxygen atoms in total. The molecule has 0 aliphatic rings. The van der Waals surface area contributed by atoms with Crippen molar-refractivity contribution in [2.24, 2.45) is 5.92 Å². The standard InChI is InChI=1S/C15H21N3O/c1-2-11(7-8-19)9-18-15-12-5-3-4-6-14(12)17-10-13(15)16/h3-6,10-11,19H,2,7-9,16H2,1H3,(H,17,18). The summed E-state index contributed by atoms with van der Waals surface area (Å²) in [4.78, 5) is 4.32. The summed E-state index contributed by atoms with van der Waals surface area (Å²) < 4.78 is 0. The molecule has 4 N–H and O–H groups in total. The Labute approximate surface area is 113 Å². The Hall–Kier alpha value is -1.81. The number of nitrogen functional groups attached to an aromatic ring is 1. The van der Waals surface area contributed by atoms with Crippen LogP contribution < -0.4 is 11.1 Å². The lowest BCUT2D eigenvalue weighted by atomic mass is 10.0. The Morgan fingerprint density at radius 1 is 1.37 bits per heavy atom. The van der Waals surface area contributed by atoms with Crippen LogP contribution in [0.4, 0.5) is 11.4 Å². The highest BCUT2D eigenvalue weighted by Gasteiger charge is 2.09. The molecule has 2 rings (SSSR count). The summed E-state index contributed by atoms with van der Waals surface area (Å²) in [5.74, 6) is 0.455. The SMILES string of the molecule is CCC(CCO)CNc1c(N)cnc2ccccc12. The zero-order valence-electron chi connectivity index (χ0n) is 11.3. The predicted molar refractivity (Wildman–Crippen MR) is 80.1 cm³/mol. The zero-order chi connectivity index (χ0) is 13.7. The first-order valence-corrected chi connectivity index (χ1v) is 6.74. The molecule has 1 aromatic heterocycles. The third-order valence-corrected chi connectivity index (χ3v) is 3.49. The lowest BCUT2D eigenvalue weighted by Crippen LogP contribution is -2.16. The molecule has 0 saturated carbocycles. The number of aliphatic hydroxyl groups is 1. The number of nitrogens with zero attached hydrogens (tertiary/aromatic N) is 1. The molecule has 1 heterocycles. The second-order valence-electron chi connectivity index (χ2n) is 4.77. The summed E-state index contributed by atoms with van der Waals surface area (Å²) in [6.45, 7) is 3.18. The summed E-state index contributed by atoms with van der Waals surface area (Å²) >= 11 is 0. The van der Waals surface area contributed by atoms with E-state index in [2.05, 4.69) is 17.2 Å². The molecule has 0 radical (unpaired) electrons. The van der Waals surface area contributed by atoms with Gasteiger partial charge in [0.1, 0.15) is 0 Å². The van der Waals surface area contributed by atoms with Crippen LogP contribution in [0.3, 0.4) is 0 Å². The van der Waals surface area contributed by atoms with Crippen molar-refractivity contribution >= 4 is 22.3 Å². The van der Waals surface area contributed by atoms with E-state index in [1.807, 2.05) is 24.3 Å². The molecule has 1 unspecified atom stereocenters. The monoisotopic (exact) mass is 259 g/mol. The minimum Gasteiger partial charge on any atom is -0.396 e. The lowest BCUT2D eigenvalue weighted by Gasteiger charge is -2.17. The fraction of sp³-hybridized carbons (Fsp3) is 0.400. The fourth-order valence-corrected chi connectivity index (χ4v) is 2.23. The van der Waals surface area contributed by atoms with E-state index >= 15 is 0 Å². The first kappa shape index (κ1) is 13.6. The number of hydrogen-bond donors (Lipinski definition) is 3. The van der Waals surface area contributed by atoms with Crippen LogP contribution in [0.2, 0.25) is 0 Å². The summed E-state index contributed by atoms with van der Waals surface area (Å²) in [6.07, 6.45) is 3.54. The summed E-state index contributed by atoms with van der Waals surface area (Å²) in [7, 11) is 0. The molecule has 0 saturated heterocycles. The molecule has 0 aliphatic heterocycles. The third-order valence-electron chi connectivity index (χ3n) is 3.49. The molecule has 2 aromatic rings. The second-order valence-corrected chi connectivity index (χ2v) is 4.77. The molecule has 0 aliphatic carbocycles. The Kier molecular flexibility index (Phi) is 4.58. The van der Waals surface area contributed by atoms with E-state index in [1.54, 1.807) is 6.20 Å². The average molecular weight is 259 g/mol. The van der Waals surface area contributed by atoms with Crippen molar-refractivity contribution in [2.45, 2.75) is 19.8 Å². The van der Waals surface area contributed by atoms with Gasteiger partial charge in [-0.05, 0) is 18.4 Å². The molecule has 4 heteroatoms. The van der Waals surface area contributed by atoms with Crippen LogP contribution in [-0.4, -0.2) is 23.2 Å². The van der Waals surface area contributed by atoms with Gasteiger partial charge in [0.15, 0.2) is 0 Å². The van der Waals surface area contributed by atoms with Crippen LogP contribution in [0.1, 0.15) is 19.8 Å². The summed E-state index contributed by atoms with van der Waals surface area (Å²) in [5, 5.41) is 13.5. The number of nitrogens with two attached hydrogens (primary N) is 1. The van der Waals surface area contributed by atoms with Crippen molar-refractivity contribution in [1.29, 1.82) is 0 Å². The highest BCUT2D eigenvalue weighted by molar-refractivity contribution is 5.96. The predicted octanol–water partition coefficient (Wildman–Crippen LogP) is 2.64. The number of rotatable bonds is 6. The first-order valence-electron chi connectivity index (χ1n) is 6.74. The first-order chi connectivity index (χ1) is 9.26. The van der Waals surface area contributed by atoms with E-state index in [0.29, 0.717) is 11.6 Å². The summed E-state index contributed by atoms with van der Waals surface area (Å²) in [5.41, 5.74) is 8.56. The summed E-state index contributed by atoms with van der Waals surface area (Å²) in [6, 6.07) is 7.95. The molecular weight excluding hydrogens is 238 g/mol. The number of aliphatic hydroxyl groups excluding tert-OH is 1. The molecule has 0 bridgehead atoms.